The van der Waals surface area contributed by atoms with Gasteiger partial charge in [0.1, 0.15) is 5.54 Å². The number of urea groups is 1. The first-order valence-corrected chi connectivity index (χ1v) is 7.92. The number of nitrogens with zero attached hydrogens (tertiary/aromatic N) is 2. The molecule has 0 aromatic carbocycles. The maximum absolute atomic E-state index is 12.5. The van der Waals surface area contributed by atoms with Crippen LogP contribution in [-0.2, 0) is 22.7 Å². The van der Waals surface area contributed by atoms with E-state index in [1.54, 1.807) is 11.1 Å². The SMILES string of the molecule is O=C1NC(=O)[C@](CCC(=O)N2Cc3cccnc3C2)(C2CC2)N1. The zero-order valence-corrected chi connectivity index (χ0v) is 12.7. The monoisotopic (exact) mass is 314 g/mol. The van der Waals surface area contributed by atoms with Crippen LogP contribution in [0.1, 0.15) is 36.9 Å². The van der Waals surface area contributed by atoms with Crippen molar-refractivity contribution in [2.75, 3.05) is 0 Å². The van der Waals surface area contributed by atoms with Gasteiger partial charge in [0, 0.05) is 19.2 Å². The summed E-state index contributed by atoms with van der Waals surface area (Å²) in [5.74, 6) is -0.139. The summed E-state index contributed by atoms with van der Waals surface area (Å²) in [7, 11) is 0. The van der Waals surface area contributed by atoms with Crippen LogP contribution >= 0.6 is 0 Å². The minimum atomic E-state index is -0.891. The summed E-state index contributed by atoms with van der Waals surface area (Å²) < 4.78 is 0. The molecule has 3 aliphatic rings. The second kappa shape index (κ2) is 5.04. The molecule has 0 spiro atoms. The number of rotatable bonds is 4. The van der Waals surface area contributed by atoms with Gasteiger partial charge in [-0.25, -0.2) is 4.79 Å². The average molecular weight is 314 g/mol. The Balaban J connectivity index is 1.42. The molecular weight excluding hydrogens is 296 g/mol. The lowest BCUT2D eigenvalue weighted by atomic mass is 9.88. The Morgan fingerprint density at radius 3 is 2.83 bits per heavy atom. The minimum Gasteiger partial charge on any atom is -0.332 e. The van der Waals surface area contributed by atoms with E-state index in [2.05, 4.69) is 15.6 Å². The van der Waals surface area contributed by atoms with Crippen molar-refractivity contribution < 1.29 is 14.4 Å². The van der Waals surface area contributed by atoms with Crippen LogP contribution in [0.15, 0.2) is 18.3 Å². The van der Waals surface area contributed by atoms with Crippen molar-refractivity contribution in [3.63, 3.8) is 0 Å². The third-order valence-corrected chi connectivity index (χ3v) is 5.02. The zero-order chi connectivity index (χ0) is 16.0. The van der Waals surface area contributed by atoms with E-state index in [9.17, 15) is 14.4 Å². The third kappa shape index (κ3) is 2.36. The minimum absolute atomic E-state index is 0.00280. The first kappa shape index (κ1) is 14.2. The topological polar surface area (TPSA) is 91.4 Å². The van der Waals surface area contributed by atoms with Crippen LogP contribution in [0.4, 0.5) is 4.79 Å². The predicted molar refractivity (Wildman–Crippen MR) is 79.9 cm³/mol. The van der Waals surface area contributed by atoms with Crippen molar-refractivity contribution >= 4 is 17.8 Å². The fraction of sp³-hybridized carbons (Fsp3) is 0.500. The van der Waals surface area contributed by atoms with Gasteiger partial charge in [-0.1, -0.05) is 6.07 Å². The van der Waals surface area contributed by atoms with Gasteiger partial charge in [-0.3, -0.25) is 19.9 Å². The molecule has 1 saturated carbocycles. The van der Waals surface area contributed by atoms with Crippen molar-refractivity contribution in [3.8, 4) is 0 Å². The standard InChI is InChI=1S/C16H18N4O3/c21-13(20-8-10-2-1-7-17-12(10)9-20)5-6-16(11-3-4-11)14(22)18-15(23)19-16/h1-2,7,11H,3-6,8-9H2,(H2,18,19,22,23)/t16-/m0/s1. The van der Waals surface area contributed by atoms with Crippen molar-refractivity contribution in [2.45, 2.75) is 44.3 Å². The maximum atomic E-state index is 12.5. The van der Waals surface area contributed by atoms with E-state index in [-0.39, 0.29) is 24.2 Å². The van der Waals surface area contributed by atoms with E-state index >= 15 is 0 Å². The highest BCUT2D eigenvalue weighted by atomic mass is 16.2. The number of pyridine rings is 1. The van der Waals surface area contributed by atoms with Gasteiger partial charge >= 0.3 is 6.03 Å². The normalized spacial score (nSPS) is 26.0. The van der Waals surface area contributed by atoms with Gasteiger partial charge in [0.05, 0.1) is 12.2 Å². The molecule has 3 heterocycles. The summed E-state index contributed by atoms with van der Waals surface area (Å²) in [6.45, 7) is 1.08. The van der Waals surface area contributed by atoms with Crippen LogP contribution in [0.25, 0.3) is 0 Å². The summed E-state index contributed by atoms with van der Waals surface area (Å²) in [5.41, 5.74) is 1.12. The smallest absolute Gasteiger partial charge is 0.322 e. The summed E-state index contributed by atoms with van der Waals surface area (Å²) in [6, 6.07) is 3.39. The summed E-state index contributed by atoms with van der Waals surface area (Å²) in [4.78, 5) is 42.2. The highest BCUT2D eigenvalue weighted by molar-refractivity contribution is 6.07. The number of carbonyl (C=O) groups excluding carboxylic acids is 3. The fourth-order valence-corrected chi connectivity index (χ4v) is 3.59. The van der Waals surface area contributed by atoms with Crippen molar-refractivity contribution in [1.82, 2.24) is 20.5 Å². The van der Waals surface area contributed by atoms with E-state index < -0.39 is 11.6 Å². The summed E-state index contributed by atoms with van der Waals surface area (Å²) >= 11 is 0. The van der Waals surface area contributed by atoms with Crippen molar-refractivity contribution in [1.29, 1.82) is 0 Å². The average Bonchev–Trinajstić information content (AvgIpc) is 3.22. The number of aromatic nitrogens is 1. The Hall–Kier alpha value is -2.44. The van der Waals surface area contributed by atoms with Crippen molar-refractivity contribution in [2.24, 2.45) is 5.92 Å². The van der Waals surface area contributed by atoms with E-state index in [0.29, 0.717) is 19.5 Å². The van der Waals surface area contributed by atoms with E-state index in [4.69, 9.17) is 0 Å². The molecule has 1 atom stereocenters. The molecule has 2 aliphatic heterocycles. The second-order valence-electron chi connectivity index (χ2n) is 6.51. The summed E-state index contributed by atoms with van der Waals surface area (Å²) in [5, 5.41) is 5.07. The van der Waals surface area contributed by atoms with Crippen LogP contribution in [0.3, 0.4) is 0 Å². The first-order valence-electron chi connectivity index (χ1n) is 7.92. The highest BCUT2D eigenvalue weighted by Crippen LogP contribution is 2.43. The molecule has 23 heavy (non-hydrogen) atoms. The fourth-order valence-electron chi connectivity index (χ4n) is 3.59. The number of fused-ring (bicyclic) bond motifs is 1. The molecule has 1 saturated heterocycles. The molecule has 4 amide bonds. The summed E-state index contributed by atoms with van der Waals surface area (Å²) in [6.07, 6.45) is 4.17. The number of imide groups is 1. The molecule has 1 aromatic heterocycles. The number of nitrogens with one attached hydrogen (secondary N) is 2. The lowest BCUT2D eigenvalue weighted by molar-refractivity contribution is -0.133. The van der Waals surface area contributed by atoms with Crippen LogP contribution in [-0.4, -0.2) is 33.3 Å². The van der Waals surface area contributed by atoms with Crippen molar-refractivity contribution in [3.05, 3.63) is 29.6 Å². The number of hydrogen-bond acceptors (Lipinski definition) is 4. The lowest BCUT2D eigenvalue weighted by Crippen LogP contribution is -2.49. The lowest BCUT2D eigenvalue weighted by Gasteiger charge is -2.26. The Labute approximate surface area is 133 Å². The third-order valence-electron chi connectivity index (χ3n) is 5.02. The van der Waals surface area contributed by atoms with Gasteiger partial charge in [-0.2, -0.15) is 0 Å². The molecule has 120 valence electrons. The van der Waals surface area contributed by atoms with Gasteiger partial charge in [-0.15, -0.1) is 0 Å². The molecule has 1 aliphatic carbocycles. The van der Waals surface area contributed by atoms with E-state index in [1.165, 1.54) is 0 Å². The Bertz CT molecular complexity index is 675. The maximum Gasteiger partial charge on any atom is 0.322 e. The molecule has 0 unspecified atom stereocenters. The molecule has 0 radical (unpaired) electrons. The van der Waals surface area contributed by atoms with Crippen LogP contribution < -0.4 is 10.6 Å². The predicted octanol–water partition coefficient (Wildman–Crippen LogP) is 0.692. The molecule has 2 fully saturated rings. The van der Waals surface area contributed by atoms with E-state index in [1.807, 2.05) is 12.1 Å². The Morgan fingerprint density at radius 1 is 1.35 bits per heavy atom. The van der Waals surface area contributed by atoms with Gasteiger partial charge < -0.3 is 10.2 Å². The van der Waals surface area contributed by atoms with E-state index in [0.717, 1.165) is 24.1 Å². The zero-order valence-electron chi connectivity index (χ0n) is 12.7. The van der Waals surface area contributed by atoms with Crippen LogP contribution in [0.2, 0.25) is 0 Å². The largest absolute Gasteiger partial charge is 0.332 e. The molecule has 4 rings (SSSR count). The second-order valence-corrected chi connectivity index (χ2v) is 6.51. The first-order chi connectivity index (χ1) is 11.1. The molecule has 0 bridgehead atoms. The van der Waals surface area contributed by atoms with Crippen LogP contribution in [0.5, 0.6) is 0 Å². The number of carbonyl (C=O) groups is 3. The quantitative estimate of drug-likeness (QED) is 0.800. The molecule has 2 N–H and O–H groups in total. The molecular formula is C16H18N4O3. The highest BCUT2D eigenvalue weighted by Gasteiger charge is 2.55. The van der Waals surface area contributed by atoms with Gasteiger partial charge in [-0.05, 0) is 36.8 Å². The number of amides is 4. The van der Waals surface area contributed by atoms with Gasteiger partial charge in [0.15, 0.2) is 0 Å². The van der Waals surface area contributed by atoms with Gasteiger partial charge in [0.2, 0.25) is 5.91 Å². The van der Waals surface area contributed by atoms with Gasteiger partial charge in [0.25, 0.3) is 5.91 Å². The van der Waals surface area contributed by atoms with Crippen LogP contribution in [0, 0.1) is 5.92 Å². The Kier molecular flexibility index (Phi) is 3.11. The Morgan fingerprint density at radius 2 is 2.17 bits per heavy atom. The molecule has 7 nitrogen and oxygen atoms in total. The number of hydrogen-bond donors (Lipinski definition) is 2. The molecule has 7 heteroatoms. The molecule has 1 aromatic rings.